The van der Waals surface area contributed by atoms with Gasteiger partial charge in [-0.05, 0) is 38.3 Å². The molecule has 3 heterocycles. The standard InChI is InChI=1S/C18H23N5O3/c1-11-4-5-15(22(11)3)17(25)21-12(2)13-6-7-23(9-13)18(26)14-8-16(24)20-10-19-14/h4-5,8,10,12-13H,6-7,9H2,1-3H3,(H,21,25)(H,19,20,24). The summed E-state index contributed by atoms with van der Waals surface area (Å²) < 4.78 is 1.85. The minimum atomic E-state index is -0.349. The number of carbonyl (C=O) groups excluding carboxylic acids is 2. The van der Waals surface area contributed by atoms with Crippen LogP contribution in [0.1, 0.15) is 40.0 Å². The molecule has 2 aromatic heterocycles. The zero-order valence-corrected chi connectivity index (χ0v) is 15.2. The summed E-state index contributed by atoms with van der Waals surface area (Å²) in [6, 6.07) is 4.85. The van der Waals surface area contributed by atoms with E-state index in [0.29, 0.717) is 18.8 Å². The maximum atomic E-state index is 12.5. The van der Waals surface area contributed by atoms with Crippen LogP contribution < -0.4 is 10.9 Å². The molecule has 2 atom stereocenters. The molecule has 0 aromatic carbocycles. The lowest BCUT2D eigenvalue weighted by Gasteiger charge is -2.22. The van der Waals surface area contributed by atoms with E-state index in [1.165, 1.54) is 12.4 Å². The normalized spacial score (nSPS) is 18.0. The van der Waals surface area contributed by atoms with Crippen LogP contribution in [0.5, 0.6) is 0 Å². The molecule has 0 saturated carbocycles. The Hall–Kier alpha value is -2.90. The lowest BCUT2D eigenvalue weighted by atomic mass is 10.0. The molecule has 2 N–H and O–H groups in total. The molecule has 138 valence electrons. The van der Waals surface area contributed by atoms with Gasteiger partial charge in [-0.3, -0.25) is 14.4 Å². The first-order valence-electron chi connectivity index (χ1n) is 8.64. The Labute approximate surface area is 151 Å². The Kier molecular flexibility index (Phi) is 4.92. The summed E-state index contributed by atoms with van der Waals surface area (Å²) in [5.41, 5.74) is 1.43. The Morgan fingerprint density at radius 1 is 1.38 bits per heavy atom. The van der Waals surface area contributed by atoms with Gasteiger partial charge in [-0.1, -0.05) is 0 Å². The van der Waals surface area contributed by atoms with Crippen molar-refractivity contribution in [3.8, 4) is 0 Å². The van der Waals surface area contributed by atoms with Gasteiger partial charge in [0.1, 0.15) is 11.4 Å². The number of amides is 2. The largest absolute Gasteiger partial charge is 0.348 e. The van der Waals surface area contributed by atoms with Crippen molar-refractivity contribution in [1.82, 2.24) is 24.8 Å². The van der Waals surface area contributed by atoms with Gasteiger partial charge < -0.3 is 19.8 Å². The predicted octanol–water partition coefficient (Wildman–Crippen LogP) is 0.697. The Bertz CT molecular complexity index is 885. The van der Waals surface area contributed by atoms with Gasteiger partial charge >= 0.3 is 0 Å². The summed E-state index contributed by atoms with van der Waals surface area (Å²) in [5, 5.41) is 3.03. The van der Waals surface area contributed by atoms with Gasteiger partial charge in [-0.2, -0.15) is 0 Å². The average molecular weight is 357 g/mol. The van der Waals surface area contributed by atoms with Crippen molar-refractivity contribution in [3.05, 3.63) is 52.0 Å². The summed E-state index contributed by atoms with van der Waals surface area (Å²) in [6.07, 6.45) is 2.02. The molecule has 0 spiro atoms. The summed E-state index contributed by atoms with van der Waals surface area (Å²) in [4.78, 5) is 44.3. The first-order valence-corrected chi connectivity index (χ1v) is 8.64. The fraction of sp³-hybridized carbons (Fsp3) is 0.444. The van der Waals surface area contributed by atoms with Gasteiger partial charge in [-0.25, -0.2) is 4.98 Å². The van der Waals surface area contributed by atoms with Gasteiger partial charge in [0.2, 0.25) is 0 Å². The van der Waals surface area contributed by atoms with E-state index in [-0.39, 0.29) is 35.0 Å². The van der Waals surface area contributed by atoms with Crippen LogP contribution in [-0.2, 0) is 7.05 Å². The molecule has 3 rings (SSSR count). The van der Waals surface area contributed by atoms with Crippen LogP contribution >= 0.6 is 0 Å². The highest BCUT2D eigenvalue weighted by Crippen LogP contribution is 2.21. The summed E-state index contributed by atoms with van der Waals surface area (Å²) >= 11 is 0. The monoisotopic (exact) mass is 357 g/mol. The number of likely N-dealkylation sites (tertiary alicyclic amines) is 1. The van der Waals surface area contributed by atoms with E-state index in [4.69, 9.17) is 0 Å². The fourth-order valence-corrected chi connectivity index (χ4v) is 3.27. The van der Waals surface area contributed by atoms with E-state index in [2.05, 4.69) is 15.3 Å². The summed E-state index contributed by atoms with van der Waals surface area (Å²) in [5.74, 6) is -0.212. The first kappa shape index (κ1) is 17.9. The number of hydrogen-bond donors (Lipinski definition) is 2. The molecule has 0 bridgehead atoms. The van der Waals surface area contributed by atoms with Crippen molar-refractivity contribution in [2.45, 2.75) is 26.3 Å². The molecule has 2 unspecified atom stereocenters. The second-order valence-corrected chi connectivity index (χ2v) is 6.78. The molecule has 8 heteroatoms. The van der Waals surface area contributed by atoms with Crippen LogP contribution in [0, 0.1) is 12.8 Å². The third-order valence-corrected chi connectivity index (χ3v) is 5.08. The smallest absolute Gasteiger partial charge is 0.272 e. The van der Waals surface area contributed by atoms with E-state index >= 15 is 0 Å². The van der Waals surface area contributed by atoms with Crippen LogP contribution in [0.3, 0.4) is 0 Å². The van der Waals surface area contributed by atoms with Crippen molar-refractivity contribution in [2.24, 2.45) is 13.0 Å². The summed E-state index contributed by atoms with van der Waals surface area (Å²) in [7, 11) is 1.86. The molecule has 1 aliphatic heterocycles. The molecule has 1 aliphatic rings. The first-order chi connectivity index (χ1) is 12.4. The second-order valence-electron chi connectivity index (χ2n) is 6.78. The maximum Gasteiger partial charge on any atom is 0.272 e. The molecule has 26 heavy (non-hydrogen) atoms. The number of H-pyrrole nitrogens is 1. The van der Waals surface area contributed by atoms with Crippen LogP contribution in [0.15, 0.2) is 29.3 Å². The number of carbonyl (C=O) groups is 2. The topological polar surface area (TPSA) is 100 Å². The number of rotatable bonds is 4. The summed E-state index contributed by atoms with van der Waals surface area (Å²) in [6.45, 7) is 5.02. The van der Waals surface area contributed by atoms with Gasteiger partial charge in [0.15, 0.2) is 0 Å². The molecule has 1 fully saturated rings. The van der Waals surface area contributed by atoms with Crippen molar-refractivity contribution in [2.75, 3.05) is 13.1 Å². The third kappa shape index (κ3) is 3.54. The molecule has 2 aromatic rings. The van der Waals surface area contributed by atoms with E-state index in [9.17, 15) is 14.4 Å². The van der Waals surface area contributed by atoms with E-state index in [0.717, 1.165) is 12.1 Å². The van der Waals surface area contributed by atoms with Crippen LogP contribution in [-0.4, -0.2) is 50.4 Å². The highest BCUT2D eigenvalue weighted by atomic mass is 16.2. The van der Waals surface area contributed by atoms with Crippen molar-refractivity contribution in [1.29, 1.82) is 0 Å². The second kappa shape index (κ2) is 7.15. The van der Waals surface area contributed by atoms with Gasteiger partial charge in [0.25, 0.3) is 17.4 Å². The van der Waals surface area contributed by atoms with Crippen molar-refractivity contribution >= 4 is 11.8 Å². The number of nitrogens with one attached hydrogen (secondary N) is 2. The number of aromatic nitrogens is 3. The minimum absolute atomic E-state index is 0.0670. The Balaban J connectivity index is 1.61. The quantitative estimate of drug-likeness (QED) is 0.841. The van der Waals surface area contributed by atoms with Crippen molar-refractivity contribution < 1.29 is 9.59 Å². The Morgan fingerprint density at radius 3 is 2.81 bits per heavy atom. The highest BCUT2D eigenvalue weighted by Gasteiger charge is 2.32. The van der Waals surface area contributed by atoms with E-state index in [1.54, 1.807) is 11.0 Å². The minimum Gasteiger partial charge on any atom is -0.348 e. The predicted molar refractivity (Wildman–Crippen MR) is 95.9 cm³/mol. The fourth-order valence-electron chi connectivity index (χ4n) is 3.27. The van der Waals surface area contributed by atoms with Gasteiger partial charge in [0.05, 0.1) is 6.33 Å². The zero-order chi connectivity index (χ0) is 18.8. The number of hydrogen-bond acceptors (Lipinski definition) is 4. The lowest BCUT2D eigenvalue weighted by Crippen LogP contribution is -2.40. The molecule has 0 radical (unpaired) electrons. The zero-order valence-electron chi connectivity index (χ0n) is 15.2. The SMILES string of the molecule is Cc1ccc(C(=O)NC(C)C2CCN(C(=O)c3cc(=O)[nH]cn3)C2)n1C. The molecular formula is C18H23N5O3. The van der Waals surface area contributed by atoms with Crippen molar-refractivity contribution in [3.63, 3.8) is 0 Å². The van der Waals surface area contributed by atoms with E-state index < -0.39 is 0 Å². The number of aryl methyl sites for hydroxylation is 1. The van der Waals surface area contributed by atoms with Crippen LogP contribution in [0.25, 0.3) is 0 Å². The molecule has 1 saturated heterocycles. The van der Waals surface area contributed by atoms with Gasteiger partial charge in [0, 0.05) is 37.9 Å². The van der Waals surface area contributed by atoms with Gasteiger partial charge in [-0.15, -0.1) is 0 Å². The number of nitrogens with zero attached hydrogens (tertiary/aromatic N) is 3. The van der Waals surface area contributed by atoms with E-state index in [1.807, 2.05) is 31.5 Å². The maximum absolute atomic E-state index is 12.5. The third-order valence-electron chi connectivity index (χ3n) is 5.08. The lowest BCUT2D eigenvalue weighted by molar-refractivity contribution is 0.0778. The highest BCUT2D eigenvalue weighted by molar-refractivity contribution is 5.93. The number of aromatic amines is 1. The molecule has 2 amide bonds. The molecule has 8 nitrogen and oxygen atoms in total. The molecular weight excluding hydrogens is 334 g/mol. The molecule has 0 aliphatic carbocycles. The van der Waals surface area contributed by atoms with Crippen LogP contribution in [0.4, 0.5) is 0 Å². The van der Waals surface area contributed by atoms with Crippen LogP contribution in [0.2, 0.25) is 0 Å². The average Bonchev–Trinajstić information content (AvgIpc) is 3.22. The Morgan fingerprint density at radius 2 is 2.15 bits per heavy atom.